The van der Waals surface area contributed by atoms with Gasteiger partial charge in [0.25, 0.3) is 0 Å². The highest BCUT2D eigenvalue weighted by atomic mass is 32.2. The number of rotatable bonds is 3. The second kappa shape index (κ2) is 4.20. The van der Waals surface area contributed by atoms with Crippen molar-refractivity contribution < 1.29 is 16.8 Å². The number of benzene rings is 1. The average molecular weight is 286 g/mol. The second-order valence-electron chi connectivity index (χ2n) is 4.36. The Morgan fingerprint density at radius 2 is 1.89 bits per heavy atom. The number of hydrogen-bond acceptors (Lipinski definition) is 4. The van der Waals surface area contributed by atoms with E-state index in [4.69, 9.17) is 0 Å². The molecule has 6 heteroatoms. The first-order valence-corrected chi connectivity index (χ1v) is 8.89. The van der Waals surface area contributed by atoms with Gasteiger partial charge in [0.15, 0.2) is 9.84 Å². The molecule has 0 bridgehead atoms. The molecule has 0 saturated heterocycles. The lowest BCUT2D eigenvalue weighted by Crippen LogP contribution is -2.09. The molecule has 0 N–H and O–H groups in total. The lowest BCUT2D eigenvalue weighted by molar-refractivity contribution is 0.600. The minimum atomic E-state index is -3.48. The van der Waals surface area contributed by atoms with Gasteiger partial charge in [-0.2, -0.15) is 0 Å². The standard InChI is InChI=1S/C12H14O4S2/c1-3-17(13,14)7-10-8-18(15,16)12-5-4-9(2)6-11(10)12/h4-6,8H,3,7H2,1-2H3. The maximum atomic E-state index is 11.9. The fourth-order valence-corrected chi connectivity index (χ4v) is 4.40. The van der Waals surface area contributed by atoms with Crippen LogP contribution >= 0.6 is 0 Å². The molecule has 0 radical (unpaired) electrons. The Balaban J connectivity index is 2.57. The Hall–Kier alpha value is -1.14. The van der Waals surface area contributed by atoms with E-state index in [1.165, 1.54) is 6.07 Å². The summed E-state index contributed by atoms with van der Waals surface area (Å²) < 4.78 is 47.0. The summed E-state index contributed by atoms with van der Waals surface area (Å²) in [6, 6.07) is 4.96. The van der Waals surface area contributed by atoms with Crippen LogP contribution in [0.25, 0.3) is 5.57 Å². The zero-order valence-electron chi connectivity index (χ0n) is 10.2. The largest absolute Gasteiger partial charge is 0.229 e. The molecule has 4 nitrogen and oxygen atoms in total. The van der Waals surface area contributed by atoms with Gasteiger partial charge in [-0.15, -0.1) is 0 Å². The Labute approximate surface area is 107 Å². The Morgan fingerprint density at radius 3 is 2.50 bits per heavy atom. The topological polar surface area (TPSA) is 68.3 Å². The van der Waals surface area contributed by atoms with Crippen molar-refractivity contribution in [2.75, 3.05) is 11.5 Å². The second-order valence-corrected chi connectivity index (χ2v) is 8.48. The number of hydrogen-bond donors (Lipinski definition) is 0. The first-order chi connectivity index (χ1) is 8.25. The van der Waals surface area contributed by atoms with Crippen molar-refractivity contribution in [2.24, 2.45) is 0 Å². The Morgan fingerprint density at radius 1 is 1.22 bits per heavy atom. The molecular formula is C12H14O4S2. The van der Waals surface area contributed by atoms with Crippen molar-refractivity contribution in [2.45, 2.75) is 18.7 Å². The van der Waals surface area contributed by atoms with Crippen LogP contribution < -0.4 is 0 Å². The minimum absolute atomic E-state index is 0.00549. The maximum absolute atomic E-state index is 11.9. The summed E-state index contributed by atoms with van der Waals surface area (Å²) >= 11 is 0. The van der Waals surface area contributed by atoms with Crippen molar-refractivity contribution in [3.05, 3.63) is 34.7 Å². The zero-order valence-corrected chi connectivity index (χ0v) is 11.8. The molecule has 1 aliphatic heterocycles. The quantitative estimate of drug-likeness (QED) is 0.845. The minimum Gasteiger partial charge on any atom is -0.229 e. The van der Waals surface area contributed by atoms with Gasteiger partial charge in [0, 0.05) is 11.2 Å². The Kier molecular flexibility index (Phi) is 3.11. The van der Waals surface area contributed by atoms with Gasteiger partial charge in [-0.3, -0.25) is 0 Å². The number of sulfone groups is 2. The monoisotopic (exact) mass is 286 g/mol. The van der Waals surface area contributed by atoms with Gasteiger partial charge in [0.2, 0.25) is 9.84 Å². The van der Waals surface area contributed by atoms with Gasteiger partial charge in [0.1, 0.15) is 0 Å². The smallest absolute Gasteiger partial charge is 0.200 e. The normalized spacial score (nSPS) is 17.3. The van der Waals surface area contributed by atoms with Crippen LogP contribution in [-0.2, 0) is 19.7 Å². The van der Waals surface area contributed by atoms with E-state index in [9.17, 15) is 16.8 Å². The summed E-state index contributed by atoms with van der Waals surface area (Å²) in [4.78, 5) is 0.203. The lowest BCUT2D eigenvalue weighted by Gasteiger charge is -2.05. The molecule has 98 valence electrons. The zero-order chi connectivity index (χ0) is 13.6. The maximum Gasteiger partial charge on any atom is 0.200 e. The van der Waals surface area contributed by atoms with Gasteiger partial charge in [-0.05, 0) is 24.1 Å². The first kappa shape index (κ1) is 13.3. The summed E-state index contributed by atoms with van der Waals surface area (Å²) in [6.45, 7) is 3.40. The molecule has 0 saturated carbocycles. The van der Waals surface area contributed by atoms with E-state index >= 15 is 0 Å². The molecule has 1 heterocycles. The van der Waals surface area contributed by atoms with E-state index in [0.717, 1.165) is 11.0 Å². The van der Waals surface area contributed by atoms with Gasteiger partial charge < -0.3 is 0 Å². The first-order valence-electron chi connectivity index (χ1n) is 5.52. The van der Waals surface area contributed by atoms with Crippen LogP contribution in [0.2, 0.25) is 0 Å². The third kappa shape index (κ3) is 2.35. The SMILES string of the molecule is CCS(=O)(=O)CC1=CS(=O)(=O)c2ccc(C)cc21. The molecule has 0 aromatic heterocycles. The van der Waals surface area contributed by atoms with E-state index in [1.54, 1.807) is 19.1 Å². The third-order valence-corrected chi connectivity index (χ3v) is 6.09. The molecule has 1 aliphatic rings. The van der Waals surface area contributed by atoms with E-state index in [0.29, 0.717) is 11.1 Å². The van der Waals surface area contributed by atoms with E-state index < -0.39 is 19.7 Å². The lowest BCUT2D eigenvalue weighted by atomic mass is 10.1. The third-order valence-electron chi connectivity index (χ3n) is 2.90. The summed E-state index contributed by atoms with van der Waals surface area (Å²) in [5.74, 6) is -0.218. The fraction of sp³-hybridized carbons (Fsp3) is 0.333. The summed E-state index contributed by atoms with van der Waals surface area (Å²) in [7, 11) is -6.72. The summed E-state index contributed by atoms with van der Waals surface area (Å²) in [5, 5.41) is 1.07. The van der Waals surface area contributed by atoms with Crippen LogP contribution in [0.15, 0.2) is 28.5 Å². The predicted molar refractivity (Wildman–Crippen MR) is 70.7 cm³/mol. The molecule has 1 aromatic carbocycles. The average Bonchev–Trinajstić information content (AvgIpc) is 2.49. The van der Waals surface area contributed by atoms with E-state index in [-0.39, 0.29) is 16.4 Å². The van der Waals surface area contributed by atoms with Crippen LogP contribution in [0.4, 0.5) is 0 Å². The van der Waals surface area contributed by atoms with Crippen LogP contribution in [-0.4, -0.2) is 28.3 Å². The van der Waals surface area contributed by atoms with Crippen molar-refractivity contribution in [3.63, 3.8) is 0 Å². The van der Waals surface area contributed by atoms with E-state index in [1.807, 2.05) is 6.92 Å². The fourth-order valence-electron chi connectivity index (χ4n) is 1.91. The number of aryl methyl sites for hydroxylation is 1. The van der Waals surface area contributed by atoms with Gasteiger partial charge >= 0.3 is 0 Å². The van der Waals surface area contributed by atoms with Crippen molar-refractivity contribution >= 4 is 25.2 Å². The van der Waals surface area contributed by atoms with Crippen molar-refractivity contribution in [1.29, 1.82) is 0 Å². The Bertz CT molecular complexity index is 725. The van der Waals surface area contributed by atoms with Crippen LogP contribution in [0.1, 0.15) is 18.1 Å². The summed E-state index contributed by atoms with van der Waals surface area (Å²) in [6.07, 6.45) is 0. The molecule has 2 rings (SSSR count). The van der Waals surface area contributed by atoms with E-state index in [2.05, 4.69) is 0 Å². The molecule has 0 amide bonds. The highest BCUT2D eigenvalue weighted by molar-refractivity contribution is 7.95. The van der Waals surface area contributed by atoms with Crippen molar-refractivity contribution in [1.82, 2.24) is 0 Å². The molecule has 0 aliphatic carbocycles. The highest BCUT2D eigenvalue weighted by Gasteiger charge is 2.28. The van der Waals surface area contributed by atoms with Crippen molar-refractivity contribution in [3.8, 4) is 0 Å². The highest BCUT2D eigenvalue weighted by Crippen LogP contribution is 2.34. The molecule has 0 atom stereocenters. The summed E-state index contributed by atoms with van der Waals surface area (Å²) in [5.41, 5.74) is 1.80. The molecule has 1 aromatic rings. The molecule has 0 fully saturated rings. The molecule has 0 unspecified atom stereocenters. The van der Waals surface area contributed by atoms with Crippen LogP contribution in [0.3, 0.4) is 0 Å². The van der Waals surface area contributed by atoms with Gasteiger partial charge in [0.05, 0.1) is 10.6 Å². The molecular weight excluding hydrogens is 272 g/mol. The predicted octanol–water partition coefficient (Wildman–Crippen LogP) is 1.56. The van der Waals surface area contributed by atoms with Gasteiger partial charge in [-0.1, -0.05) is 24.6 Å². The van der Waals surface area contributed by atoms with Crippen LogP contribution in [0.5, 0.6) is 0 Å². The van der Waals surface area contributed by atoms with Gasteiger partial charge in [-0.25, -0.2) is 16.8 Å². The number of fused-ring (bicyclic) bond motifs is 1. The molecule has 18 heavy (non-hydrogen) atoms. The molecule has 0 spiro atoms. The van der Waals surface area contributed by atoms with Crippen LogP contribution in [0, 0.1) is 6.92 Å².